The molecule has 1 aliphatic heterocycles. The van der Waals surface area contributed by atoms with E-state index in [0.717, 1.165) is 12.1 Å². The van der Waals surface area contributed by atoms with Crippen molar-refractivity contribution in [1.29, 1.82) is 0 Å². The van der Waals surface area contributed by atoms with Crippen molar-refractivity contribution >= 4 is 16.0 Å². The second kappa shape index (κ2) is 3.77. The average molecular weight is 285 g/mol. The lowest BCUT2D eigenvalue weighted by Crippen LogP contribution is -2.33. The van der Waals surface area contributed by atoms with Crippen molar-refractivity contribution < 1.29 is 22.7 Å². The predicted molar refractivity (Wildman–Crippen MR) is 63.3 cm³/mol. The Hall–Kier alpha value is -1.47. The van der Waals surface area contributed by atoms with Gasteiger partial charge in [-0.3, -0.25) is 4.79 Å². The number of rotatable bonds is 3. The minimum absolute atomic E-state index is 0.00395. The van der Waals surface area contributed by atoms with E-state index in [2.05, 4.69) is 0 Å². The van der Waals surface area contributed by atoms with Crippen molar-refractivity contribution in [2.24, 2.45) is 11.3 Å². The lowest BCUT2D eigenvalue weighted by molar-refractivity contribution is -0.143. The largest absolute Gasteiger partial charge is 0.481 e. The summed E-state index contributed by atoms with van der Waals surface area (Å²) in [6.45, 7) is 0.235. The van der Waals surface area contributed by atoms with Gasteiger partial charge in [-0.25, -0.2) is 12.8 Å². The average Bonchev–Trinajstić information content (AvgIpc) is 2.93. The molecule has 0 radical (unpaired) electrons. The van der Waals surface area contributed by atoms with Crippen molar-refractivity contribution in [3.8, 4) is 0 Å². The van der Waals surface area contributed by atoms with Gasteiger partial charge in [-0.15, -0.1) is 0 Å². The standard InChI is InChI=1S/C12H12FNO4S/c13-9-1-3-10(4-2-9)19(17,18)14-6-8-5-12(8,7-14)11(15)16/h1-4,8H,5-7H2,(H,15,16)/t8-,12+/m0/s1. The summed E-state index contributed by atoms with van der Waals surface area (Å²) in [5.74, 6) is -1.54. The molecule has 0 bridgehead atoms. The molecule has 1 saturated carbocycles. The topological polar surface area (TPSA) is 74.7 Å². The van der Waals surface area contributed by atoms with Crippen LogP contribution in [0.25, 0.3) is 0 Å². The zero-order valence-corrected chi connectivity index (χ0v) is 10.7. The third-order valence-electron chi connectivity index (χ3n) is 3.99. The molecule has 7 heteroatoms. The normalized spacial score (nSPS) is 30.1. The van der Waals surface area contributed by atoms with Gasteiger partial charge in [-0.05, 0) is 36.6 Å². The van der Waals surface area contributed by atoms with Crippen LogP contribution in [0.15, 0.2) is 29.2 Å². The summed E-state index contributed by atoms with van der Waals surface area (Å²) in [6, 6.07) is 4.55. The number of carbonyl (C=O) groups is 1. The van der Waals surface area contributed by atoms with E-state index in [1.807, 2.05) is 0 Å². The number of hydrogen-bond donors (Lipinski definition) is 1. The summed E-state index contributed by atoms with van der Waals surface area (Å²) in [7, 11) is -3.73. The first kappa shape index (κ1) is 12.6. The third-order valence-corrected chi connectivity index (χ3v) is 5.82. The number of nitrogens with zero attached hydrogens (tertiary/aromatic N) is 1. The number of halogens is 1. The zero-order chi connectivity index (χ0) is 13.8. The highest BCUT2D eigenvalue weighted by molar-refractivity contribution is 7.89. The van der Waals surface area contributed by atoms with Gasteiger partial charge < -0.3 is 5.11 Å². The van der Waals surface area contributed by atoms with E-state index in [1.165, 1.54) is 16.4 Å². The lowest BCUT2D eigenvalue weighted by Gasteiger charge is -2.19. The van der Waals surface area contributed by atoms with E-state index >= 15 is 0 Å². The number of aliphatic carboxylic acids is 1. The molecule has 2 atom stereocenters. The van der Waals surface area contributed by atoms with E-state index in [-0.39, 0.29) is 23.9 Å². The van der Waals surface area contributed by atoms with Crippen LogP contribution < -0.4 is 0 Å². The van der Waals surface area contributed by atoms with Gasteiger partial charge in [0.15, 0.2) is 0 Å². The van der Waals surface area contributed by atoms with Gasteiger partial charge in [0.05, 0.1) is 10.3 Å². The third kappa shape index (κ3) is 1.76. The van der Waals surface area contributed by atoms with E-state index in [1.54, 1.807) is 0 Å². The van der Waals surface area contributed by atoms with Gasteiger partial charge in [0.1, 0.15) is 5.82 Å². The predicted octanol–water partition coefficient (Wildman–Crippen LogP) is 0.921. The molecule has 1 aromatic rings. The molecule has 1 heterocycles. The molecule has 0 spiro atoms. The second-order valence-corrected chi connectivity index (χ2v) is 7.05. The molecule has 1 N–H and O–H groups in total. The molecule has 1 saturated heterocycles. The van der Waals surface area contributed by atoms with Crippen LogP contribution in [0.5, 0.6) is 0 Å². The molecule has 0 amide bonds. The Bertz CT molecular complexity index is 642. The summed E-state index contributed by atoms with van der Waals surface area (Å²) in [4.78, 5) is 11.1. The Balaban J connectivity index is 1.88. The fourth-order valence-corrected chi connectivity index (χ4v) is 4.26. The highest BCUT2D eigenvalue weighted by atomic mass is 32.2. The first-order chi connectivity index (χ1) is 8.86. The number of benzene rings is 1. The van der Waals surface area contributed by atoms with Crippen LogP contribution in [0.1, 0.15) is 6.42 Å². The zero-order valence-electron chi connectivity index (χ0n) is 9.91. The number of carboxylic acids is 1. The van der Waals surface area contributed by atoms with Crippen molar-refractivity contribution in [2.45, 2.75) is 11.3 Å². The van der Waals surface area contributed by atoms with Gasteiger partial charge in [-0.1, -0.05) is 0 Å². The van der Waals surface area contributed by atoms with Crippen LogP contribution in [-0.4, -0.2) is 36.9 Å². The first-order valence-electron chi connectivity index (χ1n) is 5.85. The van der Waals surface area contributed by atoms with Crippen molar-refractivity contribution in [3.05, 3.63) is 30.1 Å². The molecule has 3 rings (SSSR count). The molecule has 2 fully saturated rings. The highest BCUT2D eigenvalue weighted by Gasteiger charge is 2.67. The van der Waals surface area contributed by atoms with Gasteiger partial charge in [0.25, 0.3) is 0 Å². The summed E-state index contributed by atoms with van der Waals surface area (Å²) in [5, 5.41) is 9.13. The van der Waals surface area contributed by atoms with Crippen molar-refractivity contribution in [3.63, 3.8) is 0 Å². The number of hydrogen-bond acceptors (Lipinski definition) is 3. The molecule has 1 aromatic carbocycles. The fourth-order valence-electron chi connectivity index (χ4n) is 2.71. The molecule has 0 aromatic heterocycles. The van der Waals surface area contributed by atoms with Gasteiger partial charge in [-0.2, -0.15) is 4.31 Å². The quantitative estimate of drug-likeness (QED) is 0.896. The maximum Gasteiger partial charge on any atom is 0.311 e. The Labute approximate surface area is 109 Å². The van der Waals surface area contributed by atoms with Crippen LogP contribution in [0.2, 0.25) is 0 Å². The van der Waals surface area contributed by atoms with Crippen LogP contribution in [0.3, 0.4) is 0 Å². The lowest BCUT2D eigenvalue weighted by atomic mass is 10.1. The van der Waals surface area contributed by atoms with E-state index in [0.29, 0.717) is 6.42 Å². The maximum absolute atomic E-state index is 12.8. The van der Waals surface area contributed by atoms with Crippen LogP contribution in [0, 0.1) is 17.2 Å². The summed E-state index contributed by atoms with van der Waals surface area (Å²) < 4.78 is 38.6. The van der Waals surface area contributed by atoms with Crippen LogP contribution in [0.4, 0.5) is 4.39 Å². The van der Waals surface area contributed by atoms with E-state index < -0.39 is 27.2 Å². The monoisotopic (exact) mass is 285 g/mol. The SMILES string of the molecule is O=C(O)[C@@]12C[C@H]1CN(S(=O)(=O)c1ccc(F)cc1)C2. The number of carboxylic acid groups (broad SMARTS) is 1. The number of sulfonamides is 1. The second-order valence-electron chi connectivity index (χ2n) is 5.11. The first-order valence-corrected chi connectivity index (χ1v) is 7.29. The minimum atomic E-state index is -3.73. The van der Waals surface area contributed by atoms with Crippen LogP contribution in [-0.2, 0) is 14.8 Å². The summed E-state index contributed by atoms with van der Waals surface area (Å²) in [5.41, 5.74) is -0.896. The van der Waals surface area contributed by atoms with Gasteiger partial charge in [0, 0.05) is 13.1 Å². The Morgan fingerprint density at radius 3 is 2.53 bits per heavy atom. The fraction of sp³-hybridized carbons (Fsp3) is 0.417. The summed E-state index contributed by atoms with van der Waals surface area (Å²) in [6.07, 6.45) is 0.539. The smallest absolute Gasteiger partial charge is 0.311 e. The highest BCUT2D eigenvalue weighted by Crippen LogP contribution is 2.58. The molecule has 19 heavy (non-hydrogen) atoms. The molecule has 2 aliphatic rings. The number of fused-ring (bicyclic) bond motifs is 1. The van der Waals surface area contributed by atoms with Crippen molar-refractivity contribution in [2.75, 3.05) is 13.1 Å². The molecular weight excluding hydrogens is 273 g/mol. The maximum atomic E-state index is 12.8. The van der Waals surface area contributed by atoms with Crippen molar-refractivity contribution in [1.82, 2.24) is 4.31 Å². The Kier molecular flexibility index (Phi) is 2.49. The Morgan fingerprint density at radius 1 is 1.37 bits per heavy atom. The minimum Gasteiger partial charge on any atom is -0.481 e. The molecular formula is C12H12FNO4S. The van der Waals surface area contributed by atoms with Crippen LogP contribution >= 0.6 is 0 Å². The molecule has 102 valence electrons. The molecule has 1 aliphatic carbocycles. The number of piperidine rings is 1. The Morgan fingerprint density at radius 2 is 2.00 bits per heavy atom. The van der Waals surface area contributed by atoms with E-state index in [4.69, 9.17) is 5.11 Å². The van der Waals surface area contributed by atoms with Gasteiger partial charge in [0.2, 0.25) is 10.0 Å². The molecule has 0 unspecified atom stereocenters. The van der Waals surface area contributed by atoms with E-state index in [9.17, 15) is 17.6 Å². The summed E-state index contributed by atoms with van der Waals surface area (Å²) >= 11 is 0. The molecule has 5 nitrogen and oxygen atoms in total. The van der Waals surface area contributed by atoms with Gasteiger partial charge >= 0.3 is 5.97 Å².